The Bertz CT molecular complexity index is 1010. The summed E-state index contributed by atoms with van der Waals surface area (Å²) in [6, 6.07) is 11.7. The zero-order valence-electron chi connectivity index (χ0n) is 14.7. The number of rotatable bonds is 4. The molecule has 0 saturated carbocycles. The predicted octanol–water partition coefficient (Wildman–Crippen LogP) is 3.60. The van der Waals surface area contributed by atoms with Crippen molar-refractivity contribution in [2.45, 2.75) is 6.54 Å². The zero-order valence-corrected chi connectivity index (χ0v) is 15.4. The standard InChI is InChI=1S/C20H18ClN5O/c21-16-3-4-18-17(10-16)19(15(11-22)13-24-18)25-12-14-2-1-5-23-20(14)26-6-8-27-9-7-26/h1-5,10,13H,6-9,12H2,(H,24,25). The van der Waals surface area contributed by atoms with E-state index < -0.39 is 0 Å². The summed E-state index contributed by atoms with van der Waals surface area (Å²) < 4.78 is 5.44. The summed E-state index contributed by atoms with van der Waals surface area (Å²) in [4.78, 5) is 11.1. The van der Waals surface area contributed by atoms with Gasteiger partial charge in [0, 0.05) is 48.0 Å². The molecular weight excluding hydrogens is 362 g/mol. The number of hydrogen-bond acceptors (Lipinski definition) is 6. The van der Waals surface area contributed by atoms with E-state index in [2.05, 4.69) is 26.3 Å². The summed E-state index contributed by atoms with van der Waals surface area (Å²) in [7, 11) is 0. The minimum atomic E-state index is 0.488. The van der Waals surface area contributed by atoms with Gasteiger partial charge in [0.25, 0.3) is 0 Å². The Labute approximate surface area is 162 Å². The second kappa shape index (κ2) is 7.78. The van der Waals surface area contributed by atoms with Crippen molar-refractivity contribution in [3.8, 4) is 6.07 Å². The van der Waals surface area contributed by atoms with E-state index >= 15 is 0 Å². The average molecular weight is 380 g/mol. The molecule has 7 heteroatoms. The zero-order chi connectivity index (χ0) is 18.6. The Morgan fingerprint density at radius 3 is 2.89 bits per heavy atom. The summed E-state index contributed by atoms with van der Waals surface area (Å²) in [6.45, 7) is 3.59. The number of fused-ring (bicyclic) bond motifs is 1. The van der Waals surface area contributed by atoms with Crippen LogP contribution in [-0.4, -0.2) is 36.3 Å². The summed E-state index contributed by atoms with van der Waals surface area (Å²) in [5.74, 6) is 0.947. The quantitative estimate of drug-likeness (QED) is 0.746. The highest BCUT2D eigenvalue weighted by Crippen LogP contribution is 2.29. The lowest BCUT2D eigenvalue weighted by Gasteiger charge is -2.29. The van der Waals surface area contributed by atoms with Crippen LogP contribution in [0.2, 0.25) is 5.02 Å². The van der Waals surface area contributed by atoms with E-state index in [0.29, 0.717) is 30.3 Å². The van der Waals surface area contributed by atoms with Crippen molar-refractivity contribution in [3.63, 3.8) is 0 Å². The third-order valence-electron chi connectivity index (χ3n) is 4.58. The number of morpholine rings is 1. The van der Waals surface area contributed by atoms with Crippen LogP contribution in [0.5, 0.6) is 0 Å². The first-order chi connectivity index (χ1) is 13.3. The van der Waals surface area contributed by atoms with Crippen molar-refractivity contribution in [1.29, 1.82) is 5.26 Å². The second-order valence-corrected chi connectivity index (χ2v) is 6.70. The molecule has 27 heavy (non-hydrogen) atoms. The number of nitrogens with zero attached hydrogens (tertiary/aromatic N) is 4. The van der Waals surface area contributed by atoms with E-state index in [1.54, 1.807) is 18.5 Å². The molecule has 0 amide bonds. The molecule has 0 aliphatic carbocycles. The molecule has 2 aromatic heterocycles. The van der Waals surface area contributed by atoms with Crippen LogP contribution < -0.4 is 10.2 Å². The Morgan fingerprint density at radius 1 is 1.22 bits per heavy atom. The van der Waals surface area contributed by atoms with E-state index in [4.69, 9.17) is 16.3 Å². The molecule has 0 unspecified atom stereocenters. The van der Waals surface area contributed by atoms with Gasteiger partial charge in [-0.3, -0.25) is 4.98 Å². The van der Waals surface area contributed by atoms with Crippen molar-refractivity contribution in [1.82, 2.24) is 9.97 Å². The number of pyridine rings is 2. The molecule has 3 heterocycles. The molecule has 1 N–H and O–H groups in total. The van der Waals surface area contributed by atoms with Crippen LogP contribution in [-0.2, 0) is 11.3 Å². The van der Waals surface area contributed by atoms with Gasteiger partial charge in [0.1, 0.15) is 11.9 Å². The van der Waals surface area contributed by atoms with Crippen LogP contribution in [0.15, 0.2) is 42.7 Å². The lowest BCUT2D eigenvalue weighted by Crippen LogP contribution is -2.37. The first-order valence-corrected chi connectivity index (χ1v) is 9.13. The molecular formula is C20H18ClN5O. The molecule has 1 aliphatic heterocycles. The van der Waals surface area contributed by atoms with Gasteiger partial charge >= 0.3 is 0 Å². The molecule has 0 spiro atoms. The number of nitriles is 1. The number of ether oxygens (including phenoxy) is 1. The highest BCUT2D eigenvalue weighted by atomic mass is 35.5. The van der Waals surface area contributed by atoms with Crippen molar-refractivity contribution in [2.24, 2.45) is 0 Å². The van der Waals surface area contributed by atoms with E-state index in [-0.39, 0.29) is 0 Å². The van der Waals surface area contributed by atoms with Gasteiger partial charge in [-0.25, -0.2) is 4.98 Å². The van der Waals surface area contributed by atoms with Gasteiger partial charge < -0.3 is 15.0 Å². The average Bonchev–Trinajstić information content (AvgIpc) is 2.72. The Hall–Kier alpha value is -2.88. The molecule has 1 aliphatic rings. The van der Waals surface area contributed by atoms with Gasteiger partial charge in [0.05, 0.1) is 30.0 Å². The van der Waals surface area contributed by atoms with Crippen LogP contribution >= 0.6 is 11.6 Å². The molecule has 0 atom stereocenters. The fourth-order valence-electron chi connectivity index (χ4n) is 3.25. The molecule has 1 saturated heterocycles. The first-order valence-electron chi connectivity index (χ1n) is 8.75. The topological polar surface area (TPSA) is 74.1 Å². The highest BCUT2D eigenvalue weighted by Gasteiger charge is 2.16. The molecule has 1 aromatic carbocycles. The van der Waals surface area contributed by atoms with E-state index in [9.17, 15) is 5.26 Å². The third kappa shape index (κ3) is 3.65. The van der Waals surface area contributed by atoms with E-state index in [1.807, 2.05) is 24.3 Å². The van der Waals surface area contributed by atoms with Gasteiger partial charge in [0.15, 0.2) is 0 Å². The van der Waals surface area contributed by atoms with Gasteiger partial charge in [-0.15, -0.1) is 0 Å². The number of halogens is 1. The van der Waals surface area contributed by atoms with E-state index in [0.717, 1.165) is 41.1 Å². The first kappa shape index (κ1) is 17.5. The molecule has 6 nitrogen and oxygen atoms in total. The van der Waals surface area contributed by atoms with Crippen LogP contribution in [0.1, 0.15) is 11.1 Å². The molecule has 3 aromatic rings. The number of aromatic nitrogens is 2. The van der Waals surface area contributed by atoms with Crippen molar-refractivity contribution >= 4 is 34.0 Å². The Balaban J connectivity index is 1.66. The highest BCUT2D eigenvalue weighted by molar-refractivity contribution is 6.31. The molecule has 0 bridgehead atoms. The van der Waals surface area contributed by atoms with Crippen LogP contribution in [0.25, 0.3) is 10.9 Å². The maximum Gasteiger partial charge on any atom is 0.133 e. The predicted molar refractivity (Wildman–Crippen MR) is 106 cm³/mol. The van der Waals surface area contributed by atoms with Gasteiger partial charge in [-0.1, -0.05) is 17.7 Å². The maximum absolute atomic E-state index is 9.51. The molecule has 136 valence electrons. The van der Waals surface area contributed by atoms with Crippen molar-refractivity contribution in [2.75, 3.05) is 36.5 Å². The van der Waals surface area contributed by atoms with Gasteiger partial charge in [-0.2, -0.15) is 5.26 Å². The number of benzene rings is 1. The fourth-order valence-corrected chi connectivity index (χ4v) is 3.42. The third-order valence-corrected chi connectivity index (χ3v) is 4.82. The summed E-state index contributed by atoms with van der Waals surface area (Å²) >= 11 is 6.16. The van der Waals surface area contributed by atoms with Gasteiger partial charge in [0.2, 0.25) is 0 Å². The summed E-state index contributed by atoms with van der Waals surface area (Å²) in [6.07, 6.45) is 3.39. The Kier molecular flexibility index (Phi) is 5.05. The van der Waals surface area contributed by atoms with Crippen LogP contribution in [0.4, 0.5) is 11.5 Å². The summed E-state index contributed by atoms with van der Waals surface area (Å²) in [5, 5.41) is 14.4. The van der Waals surface area contributed by atoms with Crippen molar-refractivity contribution < 1.29 is 4.74 Å². The number of hydrogen-bond donors (Lipinski definition) is 1. The second-order valence-electron chi connectivity index (χ2n) is 6.26. The lowest BCUT2D eigenvalue weighted by atomic mass is 10.1. The normalized spacial score (nSPS) is 14.1. The van der Waals surface area contributed by atoms with Crippen molar-refractivity contribution in [3.05, 3.63) is 58.9 Å². The molecule has 1 fully saturated rings. The van der Waals surface area contributed by atoms with Gasteiger partial charge in [-0.05, 0) is 24.3 Å². The number of nitrogens with one attached hydrogen (secondary N) is 1. The lowest BCUT2D eigenvalue weighted by molar-refractivity contribution is 0.122. The molecule has 0 radical (unpaired) electrons. The SMILES string of the molecule is N#Cc1cnc2ccc(Cl)cc2c1NCc1cccnc1N1CCOCC1. The largest absolute Gasteiger partial charge is 0.379 e. The monoisotopic (exact) mass is 379 g/mol. The smallest absolute Gasteiger partial charge is 0.133 e. The molecule has 4 rings (SSSR count). The maximum atomic E-state index is 9.51. The van der Waals surface area contributed by atoms with E-state index in [1.165, 1.54) is 0 Å². The summed E-state index contributed by atoms with van der Waals surface area (Å²) in [5.41, 5.74) is 3.08. The fraction of sp³-hybridized carbons (Fsp3) is 0.250. The van der Waals surface area contributed by atoms with Crippen LogP contribution in [0, 0.1) is 11.3 Å². The number of anilines is 2. The Morgan fingerprint density at radius 2 is 2.07 bits per heavy atom. The van der Waals surface area contributed by atoms with Crippen LogP contribution in [0.3, 0.4) is 0 Å². The minimum absolute atomic E-state index is 0.488. The minimum Gasteiger partial charge on any atom is -0.379 e.